The summed E-state index contributed by atoms with van der Waals surface area (Å²) >= 11 is 0. The quantitative estimate of drug-likeness (QED) is 0.430. The third kappa shape index (κ3) is 5.89. The van der Waals surface area contributed by atoms with Crippen LogP contribution in [0, 0.1) is 25.2 Å². The second-order valence-electron chi connectivity index (χ2n) is 11.8. The molecule has 0 bridgehead atoms. The average Bonchev–Trinajstić information content (AvgIpc) is 3.43. The highest BCUT2D eigenvalue weighted by Crippen LogP contribution is 2.53. The zero-order chi connectivity index (χ0) is 24.6. The van der Waals surface area contributed by atoms with Crippen LogP contribution in [0.25, 0.3) is 0 Å². The Morgan fingerprint density at radius 1 is 1.15 bits per heavy atom. The highest BCUT2D eigenvalue weighted by molar-refractivity contribution is 5.92. The van der Waals surface area contributed by atoms with Gasteiger partial charge in [-0.05, 0) is 74.8 Å². The van der Waals surface area contributed by atoms with E-state index in [2.05, 4.69) is 31.2 Å². The number of amides is 1. The second kappa shape index (κ2) is 9.55. The number of aromatic nitrogens is 1. The SMILES string of the molecule is Cc1ccc(NC(=O)C[C@@H](CC(=O)O)c2noc([C@H]3C[C@@H](CC(C)(C)C)C3)c2C2CC2)c(C)c1. The van der Waals surface area contributed by atoms with E-state index in [0.717, 1.165) is 53.8 Å². The van der Waals surface area contributed by atoms with Gasteiger partial charge in [0.1, 0.15) is 5.76 Å². The van der Waals surface area contributed by atoms with E-state index in [1.807, 2.05) is 32.0 Å². The van der Waals surface area contributed by atoms with E-state index in [-0.39, 0.29) is 18.7 Å². The monoisotopic (exact) mass is 466 g/mol. The molecule has 2 saturated carbocycles. The Bertz CT molecular complexity index is 1050. The van der Waals surface area contributed by atoms with Crippen LogP contribution in [0.4, 0.5) is 5.69 Å². The van der Waals surface area contributed by atoms with Crippen molar-refractivity contribution in [3.05, 3.63) is 46.3 Å². The number of anilines is 1. The number of hydrogen-bond acceptors (Lipinski definition) is 4. The number of carboxylic acid groups (broad SMARTS) is 1. The van der Waals surface area contributed by atoms with Crippen LogP contribution < -0.4 is 5.32 Å². The lowest BCUT2D eigenvalue weighted by Crippen LogP contribution is -2.26. The van der Waals surface area contributed by atoms with Crippen molar-refractivity contribution in [1.29, 1.82) is 0 Å². The van der Waals surface area contributed by atoms with Gasteiger partial charge in [0, 0.05) is 29.5 Å². The lowest BCUT2D eigenvalue weighted by molar-refractivity contribution is -0.137. The van der Waals surface area contributed by atoms with Crippen molar-refractivity contribution in [2.75, 3.05) is 5.32 Å². The summed E-state index contributed by atoms with van der Waals surface area (Å²) in [5.74, 6) is 0.775. The third-order valence-electron chi connectivity index (χ3n) is 7.17. The van der Waals surface area contributed by atoms with E-state index in [4.69, 9.17) is 4.52 Å². The van der Waals surface area contributed by atoms with Gasteiger partial charge >= 0.3 is 5.97 Å². The predicted octanol–water partition coefficient (Wildman–Crippen LogP) is 6.69. The number of rotatable bonds is 9. The molecule has 1 atom stereocenters. The van der Waals surface area contributed by atoms with Gasteiger partial charge in [0.05, 0.1) is 12.1 Å². The molecule has 0 radical (unpaired) electrons. The largest absolute Gasteiger partial charge is 0.481 e. The molecule has 0 aliphatic heterocycles. The van der Waals surface area contributed by atoms with Crippen LogP contribution >= 0.6 is 0 Å². The molecule has 184 valence electrons. The van der Waals surface area contributed by atoms with Crippen molar-refractivity contribution in [2.45, 2.75) is 97.3 Å². The number of aryl methyl sites for hydroxylation is 2. The lowest BCUT2D eigenvalue weighted by atomic mass is 9.67. The molecule has 34 heavy (non-hydrogen) atoms. The maximum atomic E-state index is 12.9. The molecule has 0 spiro atoms. The molecule has 1 aromatic carbocycles. The first kappa shape index (κ1) is 24.5. The van der Waals surface area contributed by atoms with Crippen molar-refractivity contribution in [1.82, 2.24) is 5.16 Å². The van der Waals surface area contributed by atoms with Gasteiger partial charge in [-0.15, -0.1) is 0 Å². The first-order chi connectivity index (χ1) is 16.0. The van der Waals surface area contributed by atoms with E-state index in [1.165, 1.54) is 6.42 Å². The Labute approximate surface area is 202 Å². The Balaban J connectivity index is 1.51. The minimum atomic E-state index is -0.926. The van der Waals surface area contributed by atoms with Gasteiger partial charge in [0.25, 0.3) is 0 Å². The number of aliphatic carboxylic acids is 1. The zero-order valence-corrected chi connectivity index (χ0v) is 21.1. The van der Waals surface area contributed by atoms with Crippen molar-refractivity contribution in [3.8, 4) is 0 Å². The summed E-state index contributed by atoms with van der Waals surface area (Å²) in [6, 6.07) is 5.87. The third-order valence-corrected chi connectivity index (χ3v) is 7.17. The predicted molar refractivity (Wildman–Crippen MR) is 132 cm³/mol. The highest BCUT2D eigenvalue weighted by Gasteiger charge is 2.42. The van der Waals surface area contributed by atoms with Crippen LogP contribution in [0.5, 0.6) is 0 Å². The number of carbonyl (C=O) groups excluding carboxylic acids is 1. The van der Waals surface area contributed by atoms with Crippen LogP contribution in [0.2, 0.25) is 0 Å². The van der Waals surface area contributed by atoms with Crippen LogP contribution in [0.1, 0.15) is 112 Å². The van der Waals surface area contributed by atoms with Crippen molar-refractivity contribution in [2.24, 2.45) is 11.3 Å². The molecular weight excluding hydrogens is 428 g/mol. The number of hydrogen-bond donors (Lipinski definition) is 2. The van der Waals surface area contributed by atoms with Crippen LogP contribution in [-0.2, 0) is 9.59 Å². The molecular formula is C28H38N2O4. The fourth-order valence-electron chi connectivity index (χ4n) is 5.53. The van der Waals surface area contributed by atoms with Gasteiger partial charge in [-0.2, -0.15) is 0 Å². The van der Waals surface area contributed by atoms with Gasteiger partial charge < -0.3 is 14.9 Å². The standard InChI is InChI=1S/C28H38N2O4/c1-16-6-9-22(17(2)10-16)29-23(31)13-20(14-24(32)33)26-25(19-7-8-19)27(34-30-26)21-11-18(12-21)15-28(3,4)5/h6,9-10,18-21H,7-8,11-15H2,1-5H3,(H,29,31)(H,32,33)/t18-,20-,21+/m0/s1. The van der Waals surface area contributed by atoms with E-state index < -0.39 is 11.9 Å². The Morgan fingerprint density at radius 3 is 2.44 bits per heavy atom. The van der Waals surface area contributed by atoms with E-state index in [0.29, 0.717) is 28.9 Å². The van der Waals surface area contributed by atoms with Gasteiger partial charge in [-0.3, -0.25) is 9.59 Å². The summed E-state index contributed by atoms with van der Waals surface area (Å²) in [4.78, 5) is 24.6. The molecule has 4 rings (SSSR count). The summed E-state index contributed by atoms with van der Waals surface area (Å²) in [5, 5.41) is 17.0. The van der Waals surface area contributed by atoms with Crippen LogP contribution in [-0.4, -0.2) is 22.1 Å². The summed E-state index contributed by atoms with van der Waals surface area (Å²) in [7, 11) is 0. The van der Waals surface area contributed by atoms with Crippen LogP contribution in [0.15, 0.2) is 22.7 Å². The average molecular weight is 467 g/mol. The first-order valence-corrected chi connectivity index (χ1v) is 12.6. The molecule has 6 nitrogen and oxygen atoms in total. The number of nitrogens with one attached hydrogen (secondary N) is 1. The number of nitrogens with zero attached hydrogens (tertiary/aromatic N) is 1. The fraction of sp³-hybridized carbons (Fsp3) is 0.607. The second-order valence-corrected chi connectivity index (χ2v) is 11.8. The summed E-state index contributed by atoms with van der Waals surface area (Å²) < 4.78 is 5.90. The van der Waals surface area contributed by atoms with Crippen molar-refractivity contribution < 1.29 is 19.2 Å². The Kier molecular flexibility index (Phi) is 6.88. The molecule has 2 aliphatic carbocycles. The summed E-state index contributed by atoms with van der Waals surface area (Å²) in [5.41, 5.74) is 4.98. The van der Waals surface area contributed by atoms with Gasteiger partial charge in [-0.25, -0.2) is 0 Å². The molecule has 2 aliphatic rings. The molecule has 1 amide bonds. The molecule has 1 heterocycles. The zero-order valence-electron chi connectivity index (χ0n) is 21.1. The molecule has 6 heteroatoms. The molecule has 1 aromatic heterocycles. The molecule has 2 N–H and O–H groups in total. The van der Waals surface area contributed by atoms with E-state index >= 15 is 0 Å². The maximum absolute atomic E-state index is 12.9. The van der Waals surface area contributed by atoms with Gasteiger partial charge in [0.2, 0.25) is 5.91 Å². The molecule has 0 unspecified atom stereocenters. The Morgan fingerprint density at radius 2 is 1.85 bits per heavy atom. The molecule has 2 fully saturated rings. The number of carbonyl (C=O) groups is 2. The van der Waals surface area contributed by atoms with Gasteiger partial charge in [0.15, 0.2) is 0 Å². The lowest BCUT2D eigenvalue weighted by Gasteiger charge is -2.38. The topological polar surface area (TPSA) is 92.4 Å². The van der Waals surface area contributed by atoms with E-state index in [9.17, 15) is 14.7 Å². The minimum absolute atomic E-state index is 0.0720. The normalized spacial score (nSPS) is 21.1. The van der Waals surface area contributed by atoms with Crippen LogP contribution in [0.3, 0.4) is 0 Å². The minimum Gasteiger partial charge on any atom is -0.481 e. The van der Waals surface area contributed by atoms with Crippen molar-refractivity contribution >= 4 is 17.6 Å². The van der Waals surface area contributed by atoms with E-state index in [1.54, 1.807) is 0 Å². The highest BCUT2D eigenvalue weighted by atomic mass is 16.5. The number of carboxylic acids is 1. The molecule has 0 saturated heterocycles. The maximum Gasteiger partial charge on any atom is 0.304 e. The molecule has 2 aromatic rings. The van der Waals surface area contributed by atoms with Crippen molar-refractivity contribution in [3.63, 3.8) is 0 Å². The summed E-state index contributed by atoms with van der Waals surface area (Å²) in [6.45, 7) is 10.8. The first-order valence-electron chi connectivity index (χ1n) is 12.6. The fourth-order valence-corrected chi connectivity index (χ4v) is 5.53. The smallest absolute Gasteiger partial charge is 0.304 e. The number of benzene rings is 1. The van der Waals surface area contributed by atoms with Gasteiger partial charge in [-0.1, -0.05) is 43.6 Å². The summed E-state index contributed by atoms with van der Waals surface area (Å²) in [6.07, 6.45) is 5.49. The Hall–Kier alpha value is -2.63.